The molecule has 2 aromatic rings. The summed E-state index contributed by atoms with van der Waals surface area (Å²) in [6, 6.07) is 10.8. The van der Waals surface area contributed by atoms with Gasteiger partial charge in [-0.3, -0.25) is 9.59 Å². The molecule has 1 aromatic heterocycles. The van der Waals surface area contributed by atoms with Gasteiger partial charge in [0.2, 0.25) is 5.91 Å². The molecule has 25 heavy (non-hydrogen) atoms. The summed E-state index contributed by atoms with van der Waals surface area (Å²) in [4.78, 5) is 27.3. The van der Waals surface area contributed by atoms with Crippen molar-refractivity contribution in [2.45, 2.75) is 12.5 Å². The van der Waals surface area contributed by atoms with Gasteiger partial charge in [0.15, 0.2) is 0 Å². The van der Waals surface area contributed by atoms with E-state index >= 15 is 0 Å². The van der Waals surface area contributed by atoms with Crippen LogP contribution in [0.15, 0.2) is 41.8 Å². The summed E-state index contributed by atoms with van der Waals surface area (Å²) in [5.41, 5.74) is 0.523. The number of carbonyl (C=O) groups excluding carboxylic acids is 2. The Morgan fingerprint density at radius 3 is 2.48 bits per heavy atom. The van der Waals surface area contributed by atoms with Crippen LogP contribution in [0.25, 0.3) is 0 Å². The zero-order valence-corrected chi connectivity index (χ0v) is 15.9. The summed E-state index contributed by atoms with van der Waals surface area (Å²) >= 11 is 7.47. The Kier molecular flexibility index (Phi) is 7.43. The minimum absolute atomic E-state index is 0.0835. The Hall–Kier alpha value is -1.89. The predicted octanol–water partition coefficient (Wildman–Crippen LogP) is 2.94. The molecule has 134 valence electrons. The van der Waals surface area contributed by atoms with Crippen molar-refractivity contribution in [3.8, 4) is 0 Å². The second-order valence-electron chi connectivity index (χ2n) is 5.81. The number of likely N-dealkylation sites (N-methyl/N-ethyl adjacent to an activating group) is 1. The molecule has 0 spiro atoms. The smallest absolute Gasteiger partial charge is 0.251 e. The number of benzene rings is 1. The molecule has 0 fully saturated rings. The van der Waals surface area contributed by atoms with Gasteiger partial charge < -0.3 is 15.5 Å². The van der Waals surface area contributed by atoms with Crippen molar-refractivity contribution < 1.29 is 9.59 Å². The normalized spacial score (nSPS) is 12.0. The lowest BCUT2D eigenvalue weighted by atomic mass is 10.2. The Labute approximate surface area is 157 Å². The number of nitrogens with one attached hydrogen (secondary N) is 2. The summed E-state index contributed by atoms with van der Waals surface area (Å²) < 4.78 is 0. The molecule has 0 aliphatic carbocycles. The van der Waals surface area contributed by atoms with Gasteiger partial charge in [-0.1, -0.05) is 17.7 Å². The van der Waals surface area contributed by atoms with E-state index in [1.165, 1.54) is 4.88 Å². The molecule has 5 nitrogen and oxygen atoms in total. The highest BCUT2D eigenvalue weighted by Gasteiger charge is 2.16. The minimum Gasteiger partial charge on any atom is -0.354 e. The Bertz CT molecular complexity index is 687. The highest BCUT2D eigenvalue weighted by molar-refractivity contribution is 7.10. The molecule has 1 unspecified atom stereocenters. The highest BCUT2D eigenvalue weighted by Crippen LogP contribution is 2.22. The molecule has 2 rings (SSSR count). The molecule has 2 N–H and O–H groups in total. The quantitative estimate of drug-likeness (QED) is 0.741. The number of thiophene rings is 1. The van der Waals surface area contributed by atoms with Gasteiger partial charge in [0.25, 0.3) is 5.91 Å². The number of rotatable bonds is 8. The van der Waals surface area contributed by atoms with Crippen LogP contribution >= 0.6 is 22.9 Å². The van der Waals surface area contributed by atoms with Crippen molar-refractivity contribution in [3.05, 3.63) is 57.2 Å². The van der Waals surface area contributed by atoms with E-state index in [1.54, 1.807) is 35.6 Å². The van der Waals surface area contributed by atoms with E-state index < -0.39 is 0 Å². The van der Waals surface area contributed by atoms with Gasteiger partial charge in [-0.2, -0.15) is 0 Å². The van der Waals surface area contributed by atoms with Crippen LogP contribution in [0.3, 0.4) is 0 Å². The number of halogens is 1. The molecule has 1 heterocycles. The van der Waals surface area contributed by atoms with E-state index in [2.05, 4.69) is 21.6 Å². The van der Waals surface area contributed by atoms with Crippen molar-refractivity contribution in [2.24, 2.45) is 0 Å². The fourth-order valence-corrected chi connectivity index (χ4v) is 3.36. The third kappa shape index (κ3) is 6.16. The van der Waals surface area contributed by atoms with Crippen LogP contribution in [-0.2, 0) is 4.79 Å². The van der Waals surface area contributed by atoms with Gasteiger partial charge in [0.05, 0.1) is 6.04 Å². The molecular formula is C18H22ClN3O2S. The Morgan fingerprint density at radius 2 is 1.88 bits per heavy atom. The van der Waals surface area contributed by atoms with E-state index in [-0.39, 0.29) is 24.3 Å². The van der Waals surface area contributed by atoms with Crippen LogP contribution in [0.5, 0.6) is 0 Å². The van der Waals surface area contributed by atoms with Crippen LogP contribution in [0.4, 0.5) is 0 Å². The molecule has 0 radical (unpaired) electrons. The number of nitrogens with zero attached hydrogens (tertiary/aromatic N) is 1. The summed E-state index contributed by atoms with van der Waals surface area (Å²) in [6.45, 7) is 0.830. The van der Waals surface area contributed by atoms with Gasteiger partial charge >= 0.3 is 0 Å². The van der Waals surface area contributed by atoms with E-state index in [0.29, 0.717) is 23.7 Å². The predicted molar refractivity (Wildman–Crippen MR) is 102 cm³/mol. The monoisotopic (exact) mass is 379 g/mol. The van der Waals surface area contributed by atoms with Crippen LogP contribution in [-0.4, -0.2) is 43.9 Å². The zero-order chi connectivity index (χ0) is 18.2. The highest BCUT2D eigenvalue weighted by atomic mass is 35.5. The van der Waals surface area contributed by atoms with Crippen molar-refractivity contribution >= 4 is 34.8 Å². The molecule has 0 saturated carbocycles. The largest absolute Gasteiger partial charge is 0.354 e. The number of hydrogen-bond acceptors (Lipinski definition) is 4. The summed E-state index contributed by atoms with van der Waals surface area (Å²) in [7, 11) is 3.98. The third-order valence-corrected chi connectivity index (χ3v) is 4.96. The lowest BCUT2D eigenvalue weighted by molar-refractivity contribution is -0.121. The number of hydrogen-bond donors (Lipinski definition) is 2. The van der Waals surface area contributed by atoms with E-state index in [0.717, 1.165) is 0 Å². The van der Waals surface area contributed by atoms with Crippen molar-refractivity contribution in [1.82, 2.24) is 15.5 Å². The lowest BCUT2D eigenvalue weighted by Crippen LogP contribution is -2.36. The average Bonchev–Trinajstić information content (AvgIpc) is 3.09. The van der Waals surface area contributed by atoms with Crippen LogP contribution < -0.4 is 10.6 Å². The molecule has 1 aromatic carbocycles. The summed E-state index contributed by atoms with van der Waals surface area (Å²) in [5, 5.41) is 8.28. The molecule has 0 saturated heterocycles. The minimum atomic E-state index is -0.214. The second kappa shape index (κ2) is 9.56. The molecule has 0 aliphatic rings. The molecule has 1 atom stereocenters. The number of amides is 2. The average molecular weight is 380 g/mol. The Balaban J connectivity index is 1.73. The molecule has 2 amide bonds. The summed E-state index contributed by atoms with van der Waals surface area (Å²) in [6.07, 6.45) is 0.240. The SMILES string of the molecule is CN(C)C(CNC(=O)CCNC(=O)c1ccc(Cl)cc1)c1cccs1. The first-order chi connectivity index (χ1) is 12.0. The van der Waals surface area contributed by atoms with E-state index in [1.807, 2.05) is 25.5 Å². The van der Waals surface area contributed by atoms with Gasteiger partial charge in [-0.25, -0.2) is 0 Å². The fraction of sp³-hybridized carbons (Fsp3) is 0.333. The van der Waals surface area contributed by atoms with Gasteiger partial charge in [0, 0.05) is 35.0 Å². The van der Waals surface area contributed by atoms with Crippen LogP contribution in [0.2, 0.25) is 5.02 Å². The molecular weight excluding hydrogens is 358 g/mol. The van der Waals surface area contributed by atoms with E-state index in [9.17, 15) is 9.59 Å². The molecule has 0 aliphatic heterocycles. The van der Waals surface area contributed by atoms with Crippen LogP contribution in [0.1, 0.15) is 27.7 Å². The first kappa shape index (κ1) is 19.4. The summed E-state index contributed by atoms with van der Waals surface area (Å²) in [5.74, 6) is -0.297. The zero-order valence-electron chi connectivity index (χ0n) is 14.3. The maximum Gasteiger partial charge on any atom is 0.251 e. The molecule has 0 bridgehead atoms. The van der Waals surface area contributed by atoms with Gasteiger partial charge in [0.1, 0.15) is 0 Å². The van der Waals surface area contributed by atoms with Gasteiger partial charge in [-0.15, -0.1) is 11.3 Å². The lowest BCUT2D eigenvalue weighted by Gasteiger charge is -2.23. The maximum absolute atomic E-state index is 12.0. The van der Waals surface area contributed by atoms with Crippen molar-refractivity contribution in [1.29, 1.82) is 0 Å². The number of carbonyl (C=O) groups is 2. The van der Waals surface area contributed by atoms with Gasteiger partial charge in [-0.05, 0) is 49.8 Å². The first-order valence-corrected chi connectivity index (χ1v) is 9.23. The standard InChI is InChI=1S/C18H22ClN3O2S/c1-22(2)15(16-4-3-11-25-16)12-21-17(23)9-10-20-18(24)13-5-7-14(19)8-6-13/h3-8,11,15H,9-10,12H2,1-2H3,(H,20,24)(H,21,23). The topological polar surface area (TPSA) is 61.4 Å². The van der Waals surface area contributed by atoms with E-state index in [4.69, 9.17) is 11.6 Å². The Morgan fingerprint density at radius 1 is 1.16 bits per heavy atom. The van der Waals surface area contributed by atoms with Crippen LogP contribution in [0, 0.1) is 0 Å². The second-order valence-corrected chi connectivity index (χ2v) is 7.23. The van der Waals surface area contributed by atoms with Crippen molar-refractivity contribution in [3.63, 3.8) is 0 Å². The maximum atomic E-state index is 12.0. The van der Waals surface area contributed by atoms with Crippen molar-refractivity contribution in [2.75, 3.05) is 27.2 Å². The third-order valence-electron chi connectivity index (χ3n) is 3.73. The first-order valence-electron chi connectivity index (χ1n) is 7.97. The fourth-order valence-electron chi connectivity index (χ4n) is 2.31. The molecule has 7 heteroatoms.